The van der Waals surface area contributed by atoms with E-state index in [1.807, 2.05) is 0 Å². The van der Waals surface area contributed by atoms with E-state index < -0.39 is 0 Å². The second kappa shape index (κ2) is 6.35. The molecule has 1 saturated heterocycles. The molecule has 4 rings (SSSR count). The van der Waals surface area contributed by atoms with Gasteiger partial charge in [-0.3, -0.25) is 19.3 Å². The molecule has 3 amide bonds. The van der Waals surface area contributed by atoms with Gasteiger partial charge in [-0.1, -0.05) is 0 Å². The lowest BCUT2D eigenvalue weighted by molar-refractivity contribution is -0.138. The maximum Gasteiger partial charge on any atom is 0.229 e. The molecule has 0 radical (unpaired) electrons. The summed E-state index contributed by atoms with van der Waals surface area (Å²) in [5.41, 5.74) is 4.40. The van der Waals surface area contributed by atoms with Crippen LogP contribution in [0.15, 0.2) is 22.8 Å². The lowest BCUT2D eigenvalue weighted by atomic mass is 10.0. The zero-order valence-corrected chi connectivity index (χ0v) is 14.0. The van der Waals surface area contributed by atoms with Crippen molar-refractivity contribution in [1.29, 1.82) is 0 Å². The number of imide groups is 1. The maximum atomic E-state index is 12.2. The number of nitrogens with zero attached hydrogens (tertiary/aromatic N) is 1. The lowest BCUT2D eigenvalue weighted by Crippen LogP contribution is -2.38. The molecule has 130 valence electrons. The Morgan fingerprint density at radius 1 is 1.08 bits per heavy atom. The average molecular weight is 340 g/mol. The highest BCUT2D eigenvalue weighted by Crippen LogP contribution is 2.30. The van der Waals surface area contributed by atoms with E-state index >= 15 is 0 Å². The van der Waals surface area contributed by atoms with E-state index in [0.717, 1.165) is 29.4 Å². The van der Waals surface area contributed by atoms with Gasteiger partial charge in [0.15, 0.2) is 0 Å². The number of fused-ring (bicyclic) bond motifs is 2. The van der Waals surface area contributed by atoms with Crippen LogP contribution in [-0.2, 0) is 33.6 Å². The summed E-state index contributed by atoms with van der Waals surface area (Å²) in [6.45, 7) is 0.518. The Kier molecular flexibility index (Phi) is 4.03. The van der Waals surface area contributed by atoms with Crippen LogP contribution in [0.5, 0.6) is 0 Å². The Bertz CT molecular complexity index is 852. The molecule has 2 aromatic rings. The first-order valence-electron chi connectivity index (χ1n) is 8.73. The van der Waals surface area contributed by atoms with Gasteiger partial charge in [0.25, 0.3) is 0 Å². The smallest absolute Gasteiger partial charge is 0.229 e. The van der Waals surface area contributed by atoms with Gasteiger partial charge in [0.1, 0.15) is 5.58 Å². The van der Waals surface area contributed by atoms with E-state index in [1.54, 1.807) is 6.26 Å². The fourth-order valence-electron chi connectivity index (χ4n) is 3.70. The van der Waals surface area contributed by atoms with Crippen molar-refractivity contribution in [1.82, 2.24) is 10.2 Å². The third-order valence-electron chi connectivity index (χ3n) is 5.03. The van der Waals surface area contributed by atoms with Crippen molar-refractivity contribution in [3.05, 3.63) is 35.1 Å². The fraction of sp³-hybridized carbons (Fsp3) is 0.421. The lowest BCUT2D eigenvalue weighted by Gasteiger charge is -2.13. The summed E-state index contributed by atoms with van der Waals surface area (Å²) in [6, 6.07) is 4.23. The van der Waals surface area contributed by atoms with Crippen molar-refractivity contribution in [3.63, 3.8) is 0 Å². The Morgan fingerprint density at radius 3 is 2.56 bits per heavy atom. The molecule has 0 bridgehead atoms. The molecule has 1 aliphatic heterocycles. The Balaban J connectivity index is 1.37. The van der Waals surface area contributed by atoms with E-state index in [1.165, 1.54) is 22.4 Å². The number of hydrogen-bond acceptors (Lipinski definition) is 4. The molecule has 2 aliphatic rings. The van der Waals surface area contributed by atoms with Crippen molar-refractivity contribution < 1.29 is 18.8 Å². The van der Waals surface area contributed by atoms with Crippen LogP contribution < -0.4 is 5.32 Å². The molecule has 1 fully saturated rings. The van der Waals surface area contributed by atoms with Gasteiger partial charge in [0, 0.05) is 36.9 Å². The van der Waals surface area contributed by atoms with Crippen molar-refractivity contribution in [2.75, 3.05) is 13.1 Å². The van der Waals surface area contributed by atoms with Crippen LogP contribution in [-0.4, -0.2) is 35.7 Å². The number of carbonyl (C=O) groups excluding carboxylic acids is 3. The molecule has 25 heavy (non-hydrogen) atoms. The van der Waals surface area contributed by atoms with Crippen LogP contribution in [0.1, 0.15) is 36.0 Å². The minimum Gasteiger partial charge on any atom is -0.464 e. The molecule has 1 N–H and O–H groups in total. The largest absolute Gasteiger partial charge is 0.464 e. The molecule has 1 aliphatic carbocycles. The highest BCUT2D eigenvalue weighted by Gasteiger charge is 2.28. The average Bonchev–Trinajstić information content (AvgIpc) is 3.28. The predicted molar refractivity (Wildman–Crippen MR) is 90.9 cm³/mol. The maximum absolute atomic E-state index is 12.2. The van der Waals surface area contributed by atoms with Gasteiger partial charge in [0.05, 0.1) is 12.7 Å². The van der Waals surface area contributed by atoms with E-state index in [-0.39, 0.29) is 50.1 Å². The van der Waals surface area contributed by atoms with Crippen LogP contribution in [0.3, 0.4) is 0 Å². The summed E-state index contributed by atoms with van der Waals surface area (Å²) >= 11 is 0. The SMILES string of the molecule is O=C(Cc1coc2cc3c(cc12)CCC3)NCCN1C(=O)CCC1=O. The van der Waals surface area contributed by atoms with Crippen molar-refractivity contribution in [2.45, 2.75) is 38.5 Å². The Labute approximate surface area is 145 Å². The van der Waals surface area contributed by atoms with Gasteiger partial charge in [-0.2, -0.15) is 0 Å². The quantitative estimate of drug-likeness (QED) is 0.841. The van der Waals surface area contributed by atoms with Gasteiger partial charge < -0.3 is 9.73 Å². The molecule has 6 heteroatoms. The van der Waals surface area contributed by atoms with Crippen molar-refractivity contribution >= 4 is 28.7 Å². The molecule has 0 saturated carbocycles. The van der Waals surface area contributed by atoms with Crippen molar-refractivity contribution in [3.8, 4) is 0 Å². The number of amides is 3. The van der Waals surface area contributed by atoms with Crippen LogP contribution in [0.25, 0.3) is 11.0 Å². The molecule has 2 heterocycles. The summed E-state index contributed by atoms with van der Waals surface area (Å²) in [5, 5.41) is 3.78. The van der Waals surface area contributed by atoms with E-state index in [0.29, 0.717) is 0 Å². The van der Waals surface area contributed by atoms with E-state index in [9.17, 15) is 14.4 Å². The van der Waals surface area contributed by atoms with Gasteiger partial charge in [-0.05, 0) is 42.5 Å². The zero-order chi connectivity index (χ0) is 17.4. The second-order valence-corrected chi connectivity index (χ2v) is 6.70. The predicted octanol–water partition coefficient (Wildman–Crippen LogP) is 1.73. The standard InChI is InChI=1S/C19H20N2O4/c22-17(20-6-7-21-18(23)4-5-19(21)24)10-14-11-25-16-9-13-3-1-2-12(13)8-15(14)16/h8-9,11H,1-7,10H2,(H,20,22). The van der Waals surface area contributed by atoms with Crippen LogP contribution in [0.4, 0.5) is 0 Å². The Hall–Kier alpha value is -2.63. The van der Waals surface area contributed by atoms with Crippen LogP contribution >= 0.6 is 0 Å². The number of aryl methyl sites for hydroxylation is 2. The summed E-state index contributed by atoms with van der Waals surface area (Å²) in [6.07, 6.45) is 5.78. The monoisotopic (exact) mass is 340 g/mol. The molecule has 1 aromatic carbocycles. The highest BCUT2D eigenvalue weighted by molar-refractivity contribution is 6.02. The number of hydrogen-bond donors (Lipinski definition) is 1. The first-order chi connectivity index (χ1) is 12.1. The Morgan fingerprint density at radius 2 is 1.80 bits per heavy atom. The normalized spacial score (nSPS) is 16.7. The zero-order valence-electron chi connectivity index (χ0n) is 14.0. The summed E-state index contributed by atoms with van der Waals surface area (Å²) in [5.74, 6) is -0.454. The fourth-order valence-corrected chi connectivity index (χ4v) is 3.70. The molecule has 0 unspecified atom stereocenters. The minimum atomic E-state index is -0.158. The molecular weight excluding hydrogens is 320 g/mol. The molecule has 0 atom stereocenters. The molecular formula is C19H20N2O4. The minimum absolute atomic E-state index is 0.137. The third kappa shape index (κ3) is 3.04. The van der Waals surface area contributed by atoms with Crippen LogP contribution in [0.2, 0.25) is 0 Å². The molecule has 1 aromatic heterocycles. The third-order valence-corrected chi connectivity index (χ3v) is 5.03. The molecule has 0 spiro atoms. The number of rotatable bonds is 5. The number of benzene rings is 1. The summed E-state index contributed by atoms with van der Waals surface area (Å²) < 4.78 is 5.61. The number of furan rings is 1. The van der Waals surface area contributed by atoms with Gasteiger partial charge in [-0.15, -0.1) is 0 Å². The summed E-state index contributed by atoms with van der Waals surface area (Å²) in [4.78, 5) is 36.5. The first kappa shape index (κ1) is 15.9. The number of nitrogens with one attached hydrogen (secondary N) is 1. The molecule has 6 nitrogen and oxygen atoms in total. The topological polar surface area (TPSA) is 79.6 Å². The van der Waals surface area contributed by atoms with E-state index in [4.69, 9.17) is 4.42 Å². The number of likely N-dealkylation sites (tertiary alicyclic amines) is 1. The summed E-state index contributed by atoms with van der Waals surface area (Å²) in [7, 11) is 0. The van der Waals surface area contributed by atoms with Crippen molar-refractivity contribution in [2.24, 2.45) is 0 Å². The van der Waals surface area contributed by atoms with Crippen LogP contribution in [0, 0.1) is 0 Å². The highest BCUT2D eigenvalue weighted by atomic mass is 16.3. The first-order valence-corrected chi connectivity index (χ1v) is 8.73. The number of carbonyl (C=O) groups is 3. The van der Waals surface area contributed by atoms with Gasteiger partial charge >= 0.3 is 0 Å². The van der Waals surface area contributed by atoms with E-state index in [2.05, 4.69) is 17.4 Å². The second-order valence-electron chi connectivity index (χ2n) is 6.70. The van der Waals surface area contributed by atoms with Gasteiger partial charge in [0.2, 0.25) is 17.7 Å². The van der Waals surface area contributed by atoms with Gasteiger partial charge in [-0.25, -0.2) is 0 Å².